The fourth-order valence-electron chi connectivity index (χ4n) is 3.81. The third kappa shape index (κ3) is 3.95. The van der Waals surface area contributed by atoms with E-state index in [1.807, 2.05) is 11.0 Å². The number of aromatic hydroxyl groups is 1. The minimum atomic E-state index is -3.27. The number of fused-ring (bicyclic) bond motifs is 1. The minimum absolute atomic E-state index is 0.157. The molecular formula is C20H19ClF2N4O3S. The molecular weight excluding hydrogens is 450 g/mol. The number of sulfonamides is 1. The molecule has 0 amide bonds. The van der Waals surface area contributed by atoms with Gasteiger partial charge in [-0.3, -0.25) is 0 Å². The Kier molecular flexibility index (Phi) is 4.83. The van der Waals surface area contributed by atoms with Gasteiger partial charge in [-0.2, -0.15) is 9.49 Å². The number of benzene rings is 2. The molecule has 164 valence electrons. The highest BCUT2D eigenvalue weighted by molar-refractivity contribution is 7.89. The van der Waals surface area contributed by atoms with Crippen molar-refractivity contribution in [2.45, 2.75) is 18.9 Å². The van der Waals surface area contributed by atoms with Crippen molar-refractivity contribution in [2.24, 2.45) is 5.92 Å². The van der Waals surface area contributed by atoms with Crippen LogP contribution in [0.1, 0.15) is 12.8 Å². The molecule has 0 spiro atoms. The summed E-state index contributed by atoms with van der Waals surface area (Å²) in [4.78, 5) is 1.97. The van der Waals surface area contributed by atoms with Crippen molar-refractivity contribution in [3.8, 4) is 11.4 Å². The van der Waals surface area contributed by atoms with Crippen LogP contribution in [0.3, 0.4) is 0 Å². The normalized spacial score (nSPS) is 17.3. The van der Waals surface area contributed by atoms with Crippen molar-refractivity contribution in [2.75, 3.05) is 23.7 Å². The molecule has 1 aromatic heterocycles. The molecule has 2 aromatic carbocycles. The van der Waals surface area contributed by atoms with Crippen molar-refractivity contribution in [1.29, 1.82) is 0 Å². The Balaban J connectivity index is 1.36. The molecule has 7 nitrogen and oxygen atoms in total. The second kappa shape index (κ2) is 7.32. The molecule has 2 fully saturated rings. The van der Waals surface area contributed by atoms with Crippen LogP contribution in [0.25, 0.3) is 16.6 Å². The molecule has 2 heterocycles. The number of aromatic nitrogens is 2. The third-order valence-corrected chi connectivity index (χ3v) is 7.50. The maximum absolute atomic E-state index is 13.7. The second-order valence-corrected chi connectivity index (χ2v) is 10.3. The molecule has 0 bridgehead atoms. The molecule has 0 atom stereocenters. The lowest BCUT2D eigenvalue weighted by atomic mass is 10.1. The zero-order chi connectivity index (χ0) is 21.9. The number of phenols is 1. The number of nitrogens with one attached hydrogen (secondary N) is 1. The van der Waals surface area contributed by atoms with E-state index in [2.05, 4.69) is 9.82 Å². The van der Waals surface area contributed by atoms with Gasteiger partial charge in [-0.05, 0) is 30.9 Å². The van der Waals surface area contributed by atoms with Crippen molar-refractivity contribution >= 4 is 38.2 Å². The number of halogens is 3. The SMILES string of the molecule is O=S(=O)(CC1CC1)NC1CN(c2cc3cnn(-c4cc(O)c(F)c(F)c4)c3cc2Cl)C1. The van der Waals surface area contributed by atoms with E-state index in [9.17, 15) is 22.3 Å². The summed E-state index contributed by atoms with van der Waals surface area (Å²) in [6, 6.07) is 5.33. The Labute approximate surface area is 182 Å². The van der Waals surface area contributed by atoms with Gasteiger partial charge in [0, 0.05) is 30.6 Å². The Morgan fingerprint density at radius 1 is 1.19 bits per heavy atom. The molecule has 1 aliphatic carbocycles. The molecule has 5 rings (SSSR count). The smallest absolute Gasteiger partial charge is 0.212 e. The molecule has 11 heteroatoms. The van der Waals surface area contributed by atoms with Crippen LogP contribution in [0.5, 0.6) is 5.75 Å². The summed E-state index contributed by atoms with van der Waals surface area (Å²) in [6.45, 7) is 1.00. The van der Waals surface area contributed by atoms with Crippen molar-refractivity contribution in [3.63, 3.8) is 0 Å². The van der Waals surface area contributed by atoms with Gasteiger partial charge in [-0.15, -0.1) is 0 Å². The van der Waals surface area contributed by atoms with E-state index in [1.54, 1.807) is 12.3 Å². The van der Waals surface area contributed by atoms with E-state index in [0.717, 1.165) is 30.7 Å². The lowest BCUT2D eigenvalue weighted by molar-refractivity contribution is 0.406. The van der Waals surface area contributed by atoms with Gasteiger partial charge in [0.1, 0.15) is 0 Å². The number of phenolic OH excluding ortho intramolecular Hbond substituents is 1. The maximum atomic E-state index is 13.7. The average molecular weight is 469 g/mol. The highest BCUT2D eigenvalue weighted by atomic mass is 35.5. The molecule has 0 unspecified atom stereocenters. The Morgan fingerprint density at radius 3 is 2.61 bits per heavy atom. The largest absolute Gasteiger partial charge is 0.505 e. The zero-order valence-corrected chi connectivity index (χ0v) is 17.8. The minimum Gasteiger partial charge on any atom is -0.505 e. The quantitative estimate of drug-likeness (QED) is 0.580. The summed E-state index contributed by atoms with van der Waals surface area (Å²) >= 11 is 6.47. The van der Waals surface area contributed by atoms with Crippen LogP contribution in [0.2, 0.25) is 5.02 Å². The number of anilines is 1. The molecule has 31 heavy (non-hydrogen) atoms. The summed E-state index contributed by atoms with van der Waals surface area (Å²) in [7, 11) is -3.27. The van der Waals surface area contributed by atoms with E-state index in [-0.39, 0.29) is 17.5 Å². The van der Waals surface area contributed by atoms with E-state index < -0.39 is 27.4 Å². The predicted molar refractivity (Wildman–Crippen MR) is 113 cm³/mol. The molecule has 0 radical (unpaired) electrons. The van der Waals surface area contributed by atoms with Crippen molar-refractivity contribution < 1.29 is 22.3 Å². The van der Waals surface area contributed by atoms with Gasteiger partial charge in [-0.1, -0.05) is 11.6 Å². The molecule has 1 aliphatic heterocycles. The second-order valence-electron chi connectivity index (χ2n) is 8.12. The summed E-state index contributed by atoms with van der Waals surface area (Å²) in [5.74, 6) is -2.83. The number of hydrogen-bond donors (Lipinski definition) is 2. The average Bonchev–Trinajstić information content (AvgIpc) is 3.37. The van der Waals surface area contributed by atoms with Gasteiger partial charge in [0.05, 0.1) is 39.9 Å². The van der Waals surface area contributed by atoms with Gasteiger partial charge >= 0.3 is 0 Å². The van der Waals surface area contributed by atoms with Crippen LogP contribution in [-0.4, -0.2) is 48.2 Å². The summed E-state index contributed by atoms with van der Waals surface area (Å²) < 4.78 is 55.5. The Bertz CT molecular complexity index is 1260. The molecule has 1 saturated heterocycles. The Morgan fingerprint density at radius 2 is 1.94 bits per heavy atom. The van der Waals surface area contributed by atoms with Crippen LogP contribution in [0.15, 0.2) is 30.5 Å². The highest BCUT2D eigenvalue weighted by Gasteiger charge is 2.34. The first kappa shape index (κ1) is 20.5. The first-order valence-corrected chi connectivity index (χ1v) is 11.8. The van der Waals surface area contributed by atoms with Crippen molar-refractivity contribution in [3.05, 3.63) is 47.1 Å². The zero-order valence-electron chi connectivity index (χ0n) is 16.2. The molecule has 1 saturated carbocycles. The fraction of sp³-hybridized carbons (Fsp3) is 0.350. The van der Waals surface area contributed by atoms with Crippen LogP contribution in [0, 0.1) is 17.6 Å². The number of rotatable bonds is 6. The first-order chi connectivity index (χ1) is 14.7. The highest BCUT2D eigenvalue weighted by Crippen LogP contribution is 2.35. The molecule has 3 aromatic rings. The third-order valence-electron chi connectivity index (χ3n) is 5.60. The van der Waals surface area contributed by atoms with Crippen LogP contribution in [-0.2, 0) is 10.0 Å². The number of hydrogen-bond acceptors (Lipinski definition) is 5. The maximum Gasteiger partial charge on any atom is 0.212 e. The van der Waals surface area contributed by atoms with E-state index >= 15 is 0 Å². The topological polar surface area (TPSA) is 87.5 Å². The van der Waals surface area contributed by atoms with E-state index in [4.69, 9.17) is 11.6 Å². The van der Waals surface area contributed by atoms with E-state index in [1.165, 1.54) is 4.68 Å². The van der Waals surface area contributed by atoms with Crippen LogP contribution in [0.4, 0.5) is 14.5 Å². The van der Waals surface area contributed by atoms with Gasteiger partial charge in [-0.25, -0.2) is 22.2 Å². The van der Waals surface area contributed by atoms with E-state index in [0.29, 0.717) is 34.9 Å². The number of nitrogens with zero attached hydrogens (tertiary/aromatic N) is 3. The molecule has 2 aliphatic rings. The predicted octanol–water partition coefficient (Wildman–Crippen LogP) is 3.18. The van der Waals surface area contributed by atoms with Gasteiger partial charge in [0.25, 0.3) is 0 Å². The van der Waals surface area contributed by atoms with Gasteiger partial charge in [0.2, 0.25) is 10.0 Å². The summed E-state index contributed by atoms with van der Waals surface area (Å²) in [6.07, 6.45) is 3.51. The van der Waals surface area contributed by atoms with Gasteiger partial charge in [0.15, 0.2) is 17.4 Å². The van der Waals surface area contributed by atoms with Crippen LogP contribution < -0.4 is 9.62 Å². The fourth-order valence-corrected chi connectivity index (χ4v) is 5.80. The lowest BCUT2D eigenvalue weighted by Crippen LogP contribution is -2.59. The first-order valence-electron chi connectivity index (χ1n) is 9.81. The molecule has 2 N–H and O–H groups in total. The summed E-state index contributed by atoms with van der Waals surface area (Å²) in [5, 5.41) is 14.9. The van der Waals surface area contributed by atoms with Crippen molar-refractivity contribution in [1.82, 2.24) is 14.5 Å². The summed E-state index contributed by atoms with van der Waals surface area (Å²) in [5.41, 5.74) is 1.45. The Hall–Kier alpha value is -2.43. The lowest BCUT2D eigenvalue weighted by Gasteiger charge is -2.41. The van der Waals surface area contributed by atoms with Gasteiger partial charge < -0.3 is 10.0 Å². The standard InChI is InChI=1S/C20H19ClF2N4O3S/c21-15-6-17-12(7-24-27(17)14-4-16(22)20(23)19(28)5-14)3-18(15)26-8-13(9-26)25-31(29,30)10-11-1-2-11/h3-7,11,13,25,28H,1-2,8-10H2. The van der Waals surface area contributed by atoms with Crippen LogP contribution >= 0.6 is 11.6 Å². The monoisotopic (exact) mass is 468 g/mol.